The topological polar surface area (TPSA) is 196 Å². The van der Waals surface area contributed by atoms with Crippen LogP contribution in [0.2, 0.25) is 0 Å². The second-order valence-corrected chi connectivity index (χ2v) is 16.3. The van der Waals surface area contributed by atoms with Gasteiger partial charge in [0, 0.05) is 30.9 Å². The van der Waals surface area contributed by atoms with E-state index in [2.05, 4.69) is 5.43 Å². The molecule has 3 heterocycles. The number of amides is 2. The fourth-order valence-electron chi connectivity index (χ4n) is 8.65. The summed E-state index contributed by atoms with van der Waals surface area (Å²) in [5.41, 5.74) is 6.73. The number of rotatable bonds is 9. The molecule has 4 rings (SSSR count). The average Bonchev–Trinajstić information content (AvgIpc) is 3.40. The summed E-state index contributed by atoms with van der Waals surface area (Å²) in [6, 6.07) is 6.62. The summed E-state index contributed by atoms with van der Waals surface area (Å²) < 4.78 is 30.7. The zero-order valence-corrected chi connectivity index (χ0v) is 34.1. The smallest absolute Gasteiger partial charge is 0.429 e. The minimum absolute atomic E-state index is 0.0347. The van der Waals surface area contributed by atoms with E-state index in [1.165, 1.54) is 14.0 Å². The molecule has 55 heavy (non-hydrogen) atoms. The molecular formula is C40H62N4O11. The Balaban J connectivity index is 1.75. The van der Waals surface area contributed by atoms with E-state index in [1.54, 1.807) is 41.5 Å². The van der Waals surface area contributed by atoms with Crippen LogP contribution in [0.1, 0.15) is 80.2 Å². The van der Waals surface area contributed by atoms with Crippen molar-refractivity contribution in [3.8, 4) is 0 Å². The molecule has 0 bridgehead atoms. The molecule has 0 aromatic heterocycles. The normalized spacial score (nSPS) is 38.5. The van der Waals surface area contributed by atoms with Gasteiger partial charge in [-0.25, -0.2) is 9.80 Å². The quantitative estimate of drug-likeness (QED) is 0.245. The lowest BCUT2D eigenvalue weighted by Gasteiger charge is -2.47. The first kappa shape index (κ1) is 44.2. The fraction of sp³-hybridized carbons (Fsp3) is 0.725. The Bertz CT molecular complexity index is 1550. The van der Waals surface area contributed by atoms with E-state index in [0.717, 1.165) is 10.6 Å². The molecule has 0 unspecified atom stereocenters. The molecule has 1 aromatic rings. The Labute approximate surface area is 324 Å². The second-order valence-electron chi connectivity index (χ2n) is 16.3. The number of hydrogen-bond donors (Lipinski definition) is 3. The first-order chi connectivity index (χ1) is 25.7. The van der Waals surface area contributed by atoms with Gasteiger partial charge >= 0.3 is 12.1 Å². The lowest BCUT2D eigenvalue weighted by Crippen LogP contribution is -2.62. The van der Waals surface area contributed by atoms with Crippen LogP contribution in [0.25, 0.3) is 0 Å². The molecule has 3 fully saturated rings. The molecule has 15 heteroatoms. The van der Waals surface area contributed by atoms with E-state index in [1.807, 2.05) is 56.3 Å². The van der Waals surface area contributed by atoms with Crippen LogP contribution in [0.15, 0.2) is 30.3 Å². The van der Waals surface area contributed by atoms with Gasteiger partial charge in [-0.2, -0.15) is 0 Å². The van der Waals surface area contributed by atoms with Crippen LogP contribution in [-0.2, 0) is 49.3 Å². The molecule has 0 aliphatic carbocycles. The summed E-state index contributed by atoms with van der Waals surface area (Å²) in [5.74, 6) is -6.44. The van der Waals surface area contributed by atoms with Crippen LogP contribution in [-0.4, -0.2) is 126 Å². The number of likely N-dealkylation sites (N-methyl/N-ethyl adjacent to an activating group) is 1. The van der Waals surface area contributed by atoms with Crippen LogP contribution < -0.4 is 11.2 Å². The number of fused-ring (bicyclic) bond motifs is 1. The van der Waals surface area contributed by atoms with Crippen LogP contribution >= 0.6 is 0 Å². The van der Waals surface area contributed by atoms with Gasteiger partial charge in [0.25, 0.3) is 5.91 Å². The van der Waals surface area contributed by atoms with Gasteiger partial charge in [0.15, 0.2) is 17.7 Å². The Morgan fingerprint density at radius 3 is 2.27 bits per heavy atom. The average molecular weight is 775 g/mol. The van der Waals surface area contributed by atoms with Gasteiger partial charge in [-0.1, -0.05) is 58.0 Å². The third-order valence-electron chi connectivity index (χ3n) is 11.9. The van der Waals surface area contributed by atoms with Gasteiger partial charge < -0.3 is 39.4 Å². The van der Waals surface area contributed by atoms with Gasteiger partial charge in [0.2, 0.25) is 0 Å². The molecule has 0 saturated carbocycles. The van der Waals surface area contributed by atoms with Crippen molar-refractivity contribution < 1.29 is 52.8 Å². The summed E-state index contributed by atoms with van der Waals surface area (Å²) >= 11 is 0. The highest BCUT2D eigenvalue weighted by atomic mass is 16.7. The number of nitrogens with two attached hydrogens (primary N) is 1. The monoisotopic (exact) mass is 774 g/mol. The van der Waals surface area contributed by atoms with E-state index in [0.29, 0.717) is 6.42 Å². The minimum atomic E-state index is -1.64. The summed E-state index contributed by atoms with van der Waals surface area (Å²) in [6.45, 7) is 13.3. The maximum atomic E-state index is 14.6. The molecule has 1 aromatic carbocycles. The highest BCUT2D eigenvalue weighted by molar-refractivity contribution is 6.00. The number of aliphatic hydroxyl groups excluding tert-OH is 1. The van der Waals surface area contributed by atoms with Crippen molar-refractivity contribution in [3.63, 3.8) is 0 Å². The predicted octanol–water partition coefficient (Wildman–Crippen LogP) is 2.79. The van der Waals surface area contributed by atoms with E-state index in [4.69, 9.17) is 29.4 Å². The summed E-state index contributed by atoms with van der Waals surface area (Å²) in [7, 11) is 5.14. The number of carbonyl (C=O) groups is 5. The summed E-state index contributed by atoms with van der Waals surface area (Å²) in [5, 5.41) is 12.4. The zero-order chi connectivity index (χ0) is 41.2. The highest BCUT2D eigenvalue weighted by Crippen LogP contribution is 2.42. The minimum Gasteiger partial charge on any atom is -0.457 e. The van der Waals surface area contributed by atoms with Gasteiger partial charge in [-0.3, -0.25) is 24.6 Å². The largest absolute Gasteiger partial charge is 0.457 e. The third-order valence-corrected chi connectivity index (χ3v) is 11.9. The first-order valence-corrected chi connectivity index (χ1v) is 19.3. The van der Waals surface area contributed by atoms with Gasteiger partial charge in [0.1, 0.15) is 30.0 Å². The molecule has 2 amide bonds. The number of Topliss-reactive ketones (excluding diaryl/α,β-unsaturated/α-hetero) is 2. The number of cyclic esters (lactones) is 1. The molecule has 0 spiro atoms. The number of methoxy groups -OCH3 is 1. The van der Waals surface area contributed by atoms with Gasteiger partial charge in [-0.15, -0.1) is 0 Å². The first-order valence-electron chi connectivity index (χ1n) is 19.3. The van der Waals surface area contributed by atoms with Gasteiger partial charge in [0.05, 0.1) is 23.9 Å². The van der Waals surface area contributed by atoms with E-state index in [-0.39, 0.29) is 37.2 Å². The Kier molecular flexibility index (Phi) is 14.3. The number of nitrogens with zero attached hydrogens (tertiary/aromatic N) is 2. The number of carbonyl (C=O) groups excluding carboxylic acids is 5. The number of nitrogens with one attached hydrogen (secondary N) is 1. The van der Waals surface area contributed by atoms with Crippen LogP contribution in [0, 0.1) is 23.7 Å². The summed E-state index contributed by atoms with van der Waals surface area (Å²) in [6.07, 6.45) is -4.82. The third kappa shape index (κ3) is 9.23. The molecule has 0 radical (unpaired) electrons. The molecule has 4 N–H and O–H groups in total. The van der Waals surface area contributed by atoms with E-state index < -0.39 is 95.3 Å². The molecule has 3 aliphatic rings. The summed E-state index contributed by atoms with van der Waals surface area (Å²) in [4.78, 5) is 71.9. The number of ether oxygens (including phenoxy) is 5. The zero-order valence-electron chi connectivity index (χ0n) is 34.1. The van der Waals surface area contributed by atoms with Crippen LogP contribution in [0.3, 0.4) is 0 Å². The van der Waals surface area contributed by atoms with Crippen molar-refractivity contribution in [3.05, 3.63) is 35.9 Å². The van der Waals surface area contributed by atoms with E-state index >= 15 is 0 Å². The fourth-order valence-corrected chi connectivity index (χ4v) is 8.65. The molecule has 3 saturated heterocycles. The number of ketones is 2. The maximum Gasteiger partial charge on any atom is 0.429 e. The number of esters is 1. The van der Waals surface area contributed by atoms with Crippen molar-refractivity contribution in [2.75, 3.05) is 21.2 Å². The molecule has 3 aliphatic heterocycles. The predicted molar refractivity (Wildman–Crippen MR) is 201 cm³/mol. The number of aliphatic hydroxyl groups is 1. The SMILES string of the molecule is CC[C@H]1OC(=O)[C@H](C)C(=O)[C@H](C)[C@@H](O[C@@H]2O[C@H](C)C[C@H](N(C)C)[C@H]2O)[C@](C)(OC)C[C@@H](C)C(=O)[C@H](C)[C@H]2N(NC(=O)[C@@H](N)Cc3ccccc3)C(=O)O[C@]12C. The molecule has 15 nitrogen and oxygen atoms in total. The highest BCUT2D eigenvalue weighted by Gasteiger charge is 2.61. The maximum absolute atomic E-state index is 14.6. The molecular weight excluding hydrogens is 712 g/mol. The van der Waals surface area contributed by atoms with Crippen molar-refractivity contribution >= 4 is 29.5 Å². The molecule has 14 atom stereocenters. The van der Waals surface area contributed by atoms with Crippen molar-refractivity contribution in [2.45, 2.75) is 141 Å². The Hall–Kier alpha value is -3.47. The number of hydrazine groups is 1. The van der Waals surface area contributed by atoms with Crippen LogP contribution in [0.4, 0.5) is 4.79 Å². The van der Waals surface area contributed by atoms with E-state index in [9.17, 15) is 29.1 Å². The van der Waals surface area contributed by atoms with Crippen molar-refractivity contribution in [1.82, 2.24) is 15.3 Å². The lowest BCUT2D eigenvalue weighted by atomic mass is 9.73. The van der Waals surface area contributed by atoms with Gasteiger partial charge in [-0.05, 0) is 73.0 Å². The molecule has 308 valence electrons. The van der Waals surface area contributed by atoms with Crippen molar-refractivity contribution in [2.24, 2.45) is 29.4 Å². The number of hydrogen-bond acceptors (Lipinski definition) is 13. The van der Waals surface area contributed by atoms with Crippen molar-refractivity contribution in [1.29, 1.82) is 0 Å². The Morgan fingerprint density at radius 1 is 1.05 bits per heavy atom. The van der Waals surface area contributed by atoms with Crippen LogP contribution in [0.5, 0.6) is 0 Å². The Morgan fingerprint density at radius 2 is 1.69 bits per heavy atom. The lowest BCUT2D eigenvalue weighted by molar-refractivity contribution is -0.295. The number of benzene rings is 1. The second kappa shape index (κ2) is 17.8. The standard InChI is InChI=1S/C40H62N4O11/c1-12-29-40(8)33(44(38(50)55-40)42-35(48)27(41)19-26-16-14-13-15-17-26)23(4)30(45)21(2)20-39(7,51-11)34(24(5)31(46)25(6)36(49)53-29)54-37-32(47)28(43(9)10)18-22(3)52-37/h13-17,21-25,27-29,32-34,37,47H,12,18-20,41H2,1-11H3,(H,42,48)/t21-,22-,23+,24+,25-,27+,28+,29-,32-,33-,34-,37+,39-,40-/m1/s1.